The van der Waals surface area contributed by atoms with Crippen LogP contribution in [0.1, 0.15) is 46.5 Å². The number of hydrogen-bond acceptors (Lipinski definition) is 3. The maximum Gasteiger partial charge on any atom is 0.0330 e. The van der Waals surface area contributed by atoms with Gasteiger partial charge in [-0.25, -0.2) is 0 Å². The van der Waals surface area contributed by atoms with Gasteiger partial charge in [-0.15, -0.1) is 0 Å². The van der Waals surface area contributed by atoms with Crippen molar-refractivity contribution >= 4 is 0 Å². The molecule has 1 saturated carbocycles. The molecule has 0 spiro atoms. The minimum atomic E-state index is 0.438. The molecule has 0 aromatic rings. The van der Waals surface area contributed by atoms with Gasteiger partial charge in [0.15, 0.2) is 0 Å². The zero-order valence-corrected chi connectivity index (χ0v) is 13.3. The summed E-state index contributed by atoms with van der Waals surface area (Å²) in [7, 11) is 6.74. The predicted octanol–water partition coefficient (Wildman–Crippen LogP) is 2.18. The Bertz CT molecular complexity index is 236. The summed E-state index contributed by atoms with van der Waals surface area (Å²) in [5.41, 5.74) is 0.438. The second-order valence-electron chi connectivity index (χ2n) is 6.37. The van der Waals surface area contributed by atoms with Gasteiger partial charge >= 0.3 is 0 Å². The first kappa shape index (κ1) is 15.9. The normalized spacial score (nSPS) is 22.0. The van der Waals surface area contributed by atoms with E-state index < -0.39 is 0 Å². The van der Waals surface area contributed by atoms with Gasteiger partial charge in [-0.1, -0.05) is 6.92 Å². The van der Waals surface area contributed by atoms with Crippen molar-refractivity contribution in [2.24, 2.45) is 0 Å². The lowest BCUT2D eigenvalue weighted by Gasteiger charge is -2.50. The molecule has 0 aromatic carbocycles. The van der Waals surface area contributed by atoms with Gasteiger partial charge in [-0.2, -0.15) is 0 Å². The average molecular weight is 255 g/mol. The molecule has 1 fully saturated rings. The molecular weight excluding hydrogens is 222 g/mol. The quantitative estimate of drug-likeness (QED) is 0.717. The molecule has 0 aliphatic heterocycles. The topological polar surface area (TPSA) is 18.5 Å². The van der Waals surface area contributed by atoms with Gasteiger partial charge < -0.3 is 15.1 Å². The fourth-order valence-electron chi connectivity index (χ4n) is 2.86. The van der Waals surface area contributed by atoms with Gasteiger partial charge in [0, 0.05) is 24.2 Å². The van der Waals surface area contributed by atoms with Crippen molar-refractivity contribution in [1.29, 1.82) is 0 Å². The molecule has 18 heavy (non-hydrogen) atoms. The van der Waals surface area contributed by atoms with Gasteiger partial charge in [-0.3, -0.25) is 0 Å². The van der Waals surface area contributed by atoms with Crippen molar-refractivity contribution in [2.45, 2.75) is 64.1 Å². The summed E-state index contributed by atoms with van der Waals surface area (Å²) in [4.78, 5) is 4.97. The lowest BCUT2D eigenvalue weighted by Crippen LogP contribution is -2.59. The third kappa shape index (κ3) is 3.69. The summed E-state index contributed by atoms with van der Waals surface area (Å²) < 4.78 is 0. The third-order valence-electron chi connectivity index (χ3n) is 4.91. The van der Waals surface area contributed by atoms with Crippen LogP contribution in [0.5, 0.6) is 0 Å². The van der Waals surface area contributed by atoms with Crippen LogP contribution in [0.25, 0.3) is 0 Å². The Hall–Kier alpha value is -0.120. The zero-order valence-electron chi connectivity index (χ0n) is 13.3. The van der Waals surface area contributed by atoms with E-state index in [-0.39, 0.29) is 0 Å². The van der Waals surface area contributed by atoms with Crippen molar-refractivity contribution in [3.05, 3.63) is 0 Å². The molecule has 108 valence electrons. The summed E-state index contributed by atoms with van der Waals surface area (Å²) in [6.07, 6.45) is 5.31. The Kier molecular flexibility index (Phi) is 6.09. The van der Waals surface area contributed by atoms with Crippen LogP contribution in [0, 0.1) is 0 Å². The molecule has 0 amide bonds. The van der Waals surface area contributed by atoms with Gasteiger partial charge in [0.05, 0.1) is 0 Å². The smallest absolute Gasteiger partial charge is 0.0330 e. The van der Waals surface area contributed by atoms with E-state index in [0.717, 1.165) is 6.54 Å². The largest absolute Gasteiger partial charge is 0.313 e. The van der Waals surface area contributed by atoms with Crippen molar-refractivity contribution in [3.63, 3.8) is 0 Å². The molecular formula is C15H33N3. The summed E-state index contributed by atoms with van der Waals surface area (Å²) in [5, 5.41) is 3.61. The summed E-state index contributed by atoms with van der Waals surface area (Å²) in [6, 6.07) is 1.16. The van der Waals surface area contributed by atoms with E-state index in [4.69, 9.17) is 0 Å². The van der Waals surface area contributed by atoms with E-state index in [9.17, 15) is 0 Å². The molecule has 0 radical (unpaired) electrons. The molecule has 1 N–H and O–H groups in total. The number of rotatable bonds is 8. The molecule has 0 heterocycles. The highest BCUT2D eigenvalue weighted by molar-refractivity contribution is 4.98. The van der Waals surface area contributed by atoms with Crippen LogP contribution < -0.4 is 5.32 Å². The maximum absolute atomic E-state index is 3.61. The van der Waals surface area contributed by atoms with Gasteiger partial charge in [0.2, 0.25) is 0 Å². The van der Waals surface area contributed by atoms with E-state index in [1.807, 2.05) is 0 Å². The molecule has 1 aliphatic carbocycles. The van der Waals surface area contributed by atoms with Crippen LogP contribution >= 0.6 is 0 Å². The standard InChI is InChI=1S/C15H33N3/c1-7-11-16-13(2)14(3)18(6)12-15(17(4)5)9-8-10-15/h13-14,16H,7-12H2,1-6H3. The Morgan fingerprint density at radius 2 is 1.78 bits per heavy atom. The van der Waals surface area contributed by atoms with E-state index in [2.05, 4.69) is 57.0 Å². The molecule has 0 aromatic heterocycles. The van der Waals surface area contributed by atoms with Gasteiger partial charge in [-0.05, 0) is 67.2 Å². The average Bonchev–Trinajstić information content (AvgIpc) is 2.28. The molecule has 1 rings (SSSR count). The summed E-state index contributed by atoms with van der Waals surface area (Å²) in [5.74, 6) is 0. The Balaban J connectivity index is 2.45. The maximum atomic E-state index is 3.61. The number of nitrogens with one attached hydrogen (secondary N) is 1. The van der Waals surface area contributed by atoms with E-state index >= 15 is 0 Å². The highest BCUT2D eigenvalue weighted by Crippen LogP contribution is 2.37. The van der Waals surface area contributed by atoms with Crippen LogP contribution in [-0.4, -0.2) is 61.7 Å². The number of hydrogen-bond donors (Lipinski definition) is 1. The zero-order chi connectivity index (χ0) is 13.8. The molecule has 3 nitrogen and oxygen atoms in total. The molecule has 2 atom stereocenters. The van der Waals surface area contributed by atoms with Crippen LogP contribution in [0.2, 0.25) is 0 Å². The number of likely N-dealkylation sites (N-methyl/N-ethyl adjacent to an activating group) is 2. The van der Waals surface area contributed by atoms with Crippen molar-refractivity contribution in [2.75, 3.05) is 34.2 Å². The van der Waals surface area contributed by atoms with E-state index in [1.54, 1.807) is 0 Å². The van der Waals surface area contributed by atoms with E-state index in [0.29, 0.717) is 17.6 Å². The Morgan fingerprint density at radius 3 is 2.17 bits per heavy atom. The molecule has 0 saturated heterocycles. The first-order valence-electron chi connectivity index (χ1n) is 7.54. The monoisotopic (exact) mass is 255 g/mol. The lowest BCUT2D eigenvalue weighted by atomic mass is 9.75. The van der Waals surface area contributed by atoms with Gasteiger partial charge in [0.25, 0.3) is 0 Å². The second-order valence-corrected chi connectivity index (χ2v) is 6.37. The first-order valence-corrected chi connectivity index (χ1v) is 7.54. The first-order chi connectivity index (χ1) is 8.43. The molecule has 3 heteroatoms. The minimum absolute atomic E-state index is 0.438. The molecule has 1 aliphatic rings. The Morgan fingerprint density at radius 1 is 1.17 bits per heavy atom. The molecule has 2 unspecified atom stereocenters. The van der Waals surface area contributed by atoms with Crippen molar-refractivity contribution < 1.29 is 0 Å². The number of nitrogens with zero attached hydrogens (tertiary/aromatic N) is 2. The summed E-state index contributed by atoms with van der Waals surface area (Å²) in [6.45, 7) is 9.19. The predicted molar refractivity (Wildman–Crippen MR) is 80.1 cm³/mol. The SMILES string of the molecule is CCCNC(C)C(C)N(C)CC1(N(C)C)CCC1. The minimum Gasteiger partial charge on any atom is -0.313 e. The van der Waals surface area contributed by atoms with Crippen molar-refractivity contribution in [1.82, 2.24) is 15.1 Å². The van der Waals surface area contributed by atoms with Gasteiger partial charge in [0.1, 0.15) is 0 Å². The van der Waals surface area contributed by atoms with Crippen LogP contribution in [0.15, 0.2) is 0 Å². The van der Waals surface area contributed by atoms with Crippen molar-refractivity contribution in [3.8, 4) is 0 Å². The van der Waals surface area contributed by atoms with E-state index in [1.165, 1.54) is 32.2 Å². The second kappa shape index (κ2) is 6.88. The van der Waals surface area contributed by atoms with Crippen LogP contribution in [0.4, 0.5) is 0 Å². The third-order valence-corrected chi connectivity index (χ3v) is 4.91. The van der Waals surface area contributed by atoms with Crippen LogP contribution in [-0.2, 0) is 0 Å². The fourth-order valence-corrected chi connectivity index (χ4v) is 2.86. The lowest BCUT2D eigenvalue weighted by molar-refractivity contribution is 0.0143. The Labute approximate surface area is 114 Å². The molecule has 0 bridgehead atoms. The fraction of sp³-hybridized carbons (Fsp3) is 1.00. The summed E-state index contributed by atoms with van der Waals surface area (Å²) >= 11 is 0. The highest BCUT2D eigenvalue weighted by Gasteiger charge is 2.40. The van der Waals surface area contributed by atoms with Crippen LogP contribution in [0.3, 0.4) is 0 Å². The highest BCUT2D eigenvalue weighted by atomic mass is 15.2.